The lowest BCUT2D eigenvalue weighted by molar-refractivity contribution is -0.119. The Kier molecular flexibility index (Phi) is 6.14. The third-order valence-electron chi connectivity index (χ3n) is 3.88. The summed E-state index contributed by atoms with van der Waals surface area (Å²) in [5.74, 6) is 0.0435. The Bertz CT molecular complexity index is 884. The van der Waals surface area contributed by atoms with E-state index in [2.05, 4.69) is 9.97 Å². The molecule has 0 fully saturated rings. The van der Waals surface area contributed by atoms with E-state index in [0.717, 1.165) is 0 Å². The van der Waals surface area contributed by atoms with E-state index in [9.17, 15) is 13.6 Å². The van der Waals surface area contributed by atoms with Gasteiger partial charge in [-0.15, -0.1) is 0 Å². The first kappa shape index (κ1) is 18.6. The summed E-state index contributed by atoms with van der Waals surface area (Å²) in [7, 11) is 0. The van der Waals surface area contributed by atoms with Gasteiger partial charge in [0.05, 0.1) is 13.2 Å². The van der Waals surface area contributed by atoms with E-state index in [1.165, 1.54) is 29.2 Å². The molecule has 1 aromatic heterocycles. The molecule has 1 heterocycles. The monoisotopic (exact) mass is 371 g/mol. The number of hydrogen-bond donors (Lipinski definition) is 1. The van der Waals surface area contributed by atoms with Crippen LogP contribution in [0.1, 0.15) is 18.7 Å². The largest absolute Gasteiger partial charge is 0.493 e. The van der Waals surface area contributed by atoms with E-state index < -0.39 is 5.82 Å². The molecule has 0 aliphatic heterocycles. The van der Waals surface area contributed by atoms with Crippen molar-refractivity contribution in [2.45, 2.75) is 19.4 Å². The predicted molar refractivity (Wildman–Crippen MR) is 97.3 cm³/mol. The van der Waals surface area contributed by atoms with Crippen LogP contribution >= 0.6 is 0 Å². The van der Waals surface area contributed by atoms with Crippen LogP contribution in [-0.2, 0) is 11.3 Å². The first-order chi connectivity index (χ1) is 13.1. The molecule has 0 bridgehead atoms. The van der Waals surface area contributed by atoms with Crippen LogP contribution in [0.15, 0.2) is 60.9 Å². The van der Waals surface area contributed by atoms with Crippen LogP contribution in [0.2, 0.25) is 0 Å². The number of carbonyl (C=O) groups excluding carboxylic acids is 1. The Morgan fingerprint density at radius 2 is 1.89 bits per heavy atom. The highest BCUT2D eigenvalue weighted by Gasteiger charge is 2.17. The fraction of sp³-hybridized carbons (Fsp3) is 0.200. The fourth-order valence-corrected chi connectivity index (χ4v) is 2.61. The SMILES string of the molecule is O=C(CCCOc1cccc(F)c1)N(Cc1ncc[nH]1)c1cccc(F)c1. The van der Waals surface area contributed by atoms with Crippen molar-refractivity contribution in [1.29, 1.82) is 0 Å². The summed E-state index contributed by atoms with van der Waals surface area (Å²) in [5.41, 5.74) is 0.461. The van der Waals surface area contributed by atoms with Crippen molar-refractivity contribution in [3.05, 3.63) is 78.4 Å². The number of hydrogen-bond acceptors (Lipinski definition) is 3. The van der Waals surface area contributed by atoms with Gasteiger partial charge in [-0.1, -0.05) is 12.1 Å². The molecule has 1 amide bonds. The van der Waals surface area contributed by atoms with E-state index >= 15 is 0 Å². The molecule has 0 aliphatic rings. The lowest BCUT2D eigenvalue weighted by Crippen LogP contribution is -2.31. The standard InChI is InChI=1S/C20H19F2N3O2/c21-15-4-1-6-17(12-15)25(14-19-23-9-10-24-19)20(26)8-3-11-27-18-7-2-5-16(22)13-18/h1-2,4-7,9-10,12-13H,3,8,11,14H2,(H,23,24). The number of imidazole rings is 1. The normalized spacial score (nSPS) is 10.6. The van der Waals surface area contributed by atoms with Crippen molar-refractivity contribution in [1.82, 2.24) is 9.97 Å². The minimum absolute atomic E-state index is 0.181. The number of amides is 1. The molecule has 0 spiro atoms. The topological polar surface area (TPSA) is 58.2 Å². The zero-order valence-corrected chi connectivity index (χ0v) is 14.6. The van der Waals surface area contributed by atoms with Crippen molar-refractivity contribution >= 4 is 11.6 Å². The number of H-pyrrole nitrogens is 1. The second-order valence-corrected chi connectivity index (χ2v) is 5.91. The number of aromatic amines is 1. The molecule has 0 saturated carbocycles. The van der Waals surface area contributed by atoms with Gasteiger partial charge in [-0.2, -0.15) is 0 Å². The smallest absolute Gasteiger partial charge is 0.227 e. The molecular weight excluding hydrogens is 352 g/mol. The van der Waals surface area contributed by atoms with Crippen LogP contribution in [-0.4, -0.2) is 22.5 Å². The van der Waals surface area contributed by atoms with E-state index in [1.54, 1.807) is 36.7 Å². The molecule has 27 heavy (non-hydrogen) atoms. The lowest BCUT2D eigenvalue weighted by Gasteiger charge is -2.22. The average Bonchev–Trinajstić information content (AvgIpc) is 3.16. The summed E-state index contributed by atoms with van der Waals surface area (Å²) >= 11 is 0. The molecule has 5 nitrogen and oxygen atoms in total. The van der Waals surface area contributed by atoms with Crippen molar-refractivity contribution in [2.75, 3.05) is 11.5 Å². The van der Waals surface area contributed by atoms with Gasteiger partial charge >= 0.3 is 0 Å². The van der Waals surface area contributed by atoms with Crippen molar-refractivity contribution in [2.24, 2.45) is 0 Å². The van der Waals surface area contributed by atoms with Crippen LogP contribution < -0.4 is 9.64 Å². The number of anilines is 1. The number of nitrogens with one attached hydrogen (secondary N) is 1. The van der Waals surface area contributed by atoms with Gasteiger partial charge in [0.25, 0.3) is 0 Å². The second kappa shape index (κ2) is 8.93. The van der Waals surface area contributed by atoms with Crippen LogP contribution in [0.5, 0.6) is 5.75 Å². The van der Waals surface area contributed by atoms with Crippen LogP contribution in [0.3, 0.4) is 0 Å². The third kappa shape index (κ3) is 5.37. The molecule has 0 unspecified atom stereocenters. The van der Waals surface area contributed by atoms with Gasteiger partial charge in [0, 0.05) is 30.6 Å². The van der Waals surface area contributed by atoms with Gasteiger partial charge in [0.1, 0.15) is 23.2 Å². The summed E-state index contributed by atoms with van der Waals surface area (Å²) in [6, 6.07) is 11.7. The number of rotatable bonds is 8. The number of benzene rings is 2. The van der Waals surface area contributed by atoms with E-state index in [-0.39, 0.29) is 31.3 Å². The van der Waals surface area contributed by atoms with Gasteiger partial charge in [-0.05, 0) is 36.8 Å². The van der Waals surface area contributed by atoms with Crippen molar-refractivity contribution in [3.8, 4) is 5.75 Å². The number of ether oxygens (including phenoxy) is 1. The quantitative estimate of drug-likeness (QED) is 0.607. The Labute approximate surface area is 155 Å². The maximum atomic E-state index is 13.6. The van der Waals surface area contributed by atoms with E-state index in [0.29, 0.717) is 23.7 Å². The molecule has 0 radical (unpaired) electrons. The number of halogens is 2. The first-order valence-electron chi connectivity index (χ1n) is 8.54. The summed E-state index contributed by atoms with van der Waals surface area (Å²) in [5, 5.41) is 0. The number of aromatic nitrogens is 2. The maximum Gasteiger partial charge on any atom is 0.227 e. The van der Waals surface area contributed by atoms with Crippen molar-refractivity contribution in [3.63, 3.8) is 0 Å². The van der Waals surface area contributed by atoms with Gasteiger partial charge < -0.3 is 14.6 Å². The number of carbonyl (C=O) groups is 1. The zero-order chi connectivity index (χ0) is 19.1. The second-order valence-electron chi connectivity index (χ2n) is 5.91. The summed E-state index contributed by atoms with van der Waals surface area (Å²) in [4.78, 5) is 21.2. The first-order valence-corrected chi connectivity index (χ1v) is 8.54. The van der Waals surface area contributed by atoms with Crippen molar-refractivity contribution < 1.29 is 18.3 Å². The molecule has 3 aromatic rings. The van der Waals surface area contributed by atoms with Gasteiger partial charge in [-0.3, -0.25) is 4.79 Å². The minimum Gasteiger partial charge on any atom is -0.493 e. The van der Waals surface area contributed by atoms with Gasteiger partial charge in [0.15, 0.2) is 0 Å². The van der Waals surface area contributed by atoms with E-state index in [4.69, 9.17) is 4.74 Å². The van der Waals surface area contributed by atoms with E-state index in [1.807, 2.05) is 0 Å². The summed E-state index contributed by atoms with van der Waals surface area (Å²) in [6.07, 6.45) is 3.90. The Hall–Kier alpha value is -3.22. The fourth-order valence-electron chi connectivity index (χ4n) is 2.61. The predicted octanol–water partition coefficient (Wildman–Crippen LogP) is 4.08. The van der Waals surface area contributed by atoms with Crippen LogP contribution in [0.4, 0.5) is 14.5 Å². The lowest BCUT2D eigenvalue weighted by atomic mass is 10.2. The minimum atomic E-state index is -0.417. The zero-order valence-electron chi connectivity index (χ0n) is 14.6. The maximum absolute atomic E-state index is 13.6. The van der Waals surface area contributed by atoms with Gasteiger partial charge in [-0.25, -0.2) is 13.8 Å². The molecule has 0 saturated heterocycles. The Morgan fingerprint density at radius 3 is 2.59 bits per heavy atom. The molecular formula is C20H19F2N3O2. The average molecular weight is 371 g/mol. The highest BCUT2D eigenvalue weighted by molar-refractivity contribution is 5.93. The highest BCUT2D eigenvalue weighted by Crippen LogP contribution is 2.19. The summed E-state index contributed by atoms with van der Waals surface area (Å²) < 4.78 is 32.2. The molecule has 7 heteroatoms. The molecule has 140 valence electrons. The Morgan fingerprint density at radius 1 is 1.11 bits per heavy atom. The van der Waals surface area contributed by atoms with Gasteiger partial charge in [0.2, 0.25) is 5.91 Å². The van der Waals surface area contributed by atoms with Crippen LogP contribution in [0, 0.1) is 11.6 Å². The third-order valence-corrected chi connectivity index (χ3v) is 3.88. The molecule has 2 aromatic carbocycles. The van der Waals surface area contributed by atoms with Crippen LogP contribution in [0.25, 0.3) is 0 Å². The molecule has 0 aliphatic carbocycles. The molecule has 3 rings (SSSR count). The highest BCUT2D eigenvalue weighted by atomic mass is 19.1. The molecule has 1 N–H and O–H groups in total. The summed E-state index contributed by atoms with van der Waals surface area (Å²) in [6.45, 7) is 0.479. The Balaban J connectivity index is 1.60. The number of nitrogens with zero attached hydrogens (tertiary/aromatic N) is 2. The molecule has 0 atom stereocenters.